The predicted octanol–water partition coefficient (Wildman–Crippen LogP) is 7.24. The normalized spacial score (nSPS) is 48.8. The van der Waals surface area contributed by atoms with E-state index in [4.69, 9.17) is 0 Å². The number of aliphatic hydroxyl groups is 1. The molecule has 0 spiro atoms. The molecule has 0 heterocycles. The Kier molecular flexibility index (Phi) is 5.80. The van der Waals surface area contributed by atoms with Crippen molar-refractivity contribution in [1.82, 2.24) is 0 Å². The second-order valence-electron chi connectivity index (χ2n) is 12.2. The van der Waals surface area contributed by atoms with E-state index in [1.807, 2.05) is 0 Å². The summed E-state index contributed by atoms with van der Waals surface area (Å²) in [6, 6.07) is 0. The minimum absolute atomic E-state index is 0.0324. The third-order valence-electron chi connectivity index (χ3n) is 10.3. The van der Waals surface area contributed by atoms with Gasteiger partial charge in [-0.25, -0.2) is 0 Å². The molecule has 0 saturated heterocycles. The number of aliphatic hydroxyl groups excluding tert-OH is 1. The summed E-state index contributed by atoms with van der Waals surface area (Å²) in [6.45, 7) is 12.5. The van der Waals surface area contributed by atoms with Crippen LogP contribution in [0.25, 0.3) is 0 Å². The lowest BCUT2D eigenvalue weighted by atomic mass is 9.46. The molecule has 4 aliphatic rings. The maximum absolute atomic E-state index is 10.2. The zero-order valence-corrected chi connectivity index (χ0v) is 19.3. The van der Waals surface area contributed by atoms with Crippen LogP contribution in [0, 0.1) is 52.3 Å². The fourth-order valence-corrected chi connectivity index (χ4v) is 8.60. The molecule has 4 aliphatic carbocycles. The van der Waals surface area contributed by atoms with Gasteiger partial charge in [-0.2, -0.15) is 0 Å². The molecule has 1 heteroatoms. The second kappa shape index (κ2) is 7.75. The van der Waals surface area contributed by atoms with E-state index in [-0.39, 0.29) is 6.10 Å². The summed E-state index contributed by atoms with van der Waals surface area (Å²) in [5, 5.41) is 10.2. The standard InChI is InChI=1S/C27H46O/c1-18(2)7-6-8-19(3)23-11-12-24-22-10-9-20-17-21(28)13-15-26(20,4)25(22)14-16-27(23,24)5/h14,16,18-25,28H,6-13,15,17H2,1-5H3/t19-,20?,21+,22+,23-,24+,25+,26+,27-/m1/s1. The Bertz CT molecular complexity index is 579. The summed E-state index contributed by atoms with van der Waals surface area (Å²) in [6.07, 6.45) is 18.6. The highest BCUT2D eigenvalue weighted by molar-refractivity contribution is 5.20. The molecular formula is C27H46O. The van der Waals surface area contributed by atoms with Crippen LogP contribution >= 0.6 is 0 Å². The quantitative estimate of drug-likeness (QED) is 0.493. The van der Waals surface area contributed by atoms with Crippen LogP contribution in [0.5, 0.6) is 0 Å². The van der Waals surface area contributed by atoms with E-state index in [0.717, 1.165) is 54.3 Å². The minimum atomic E-state index is -0.0324. The molecule has 3 fully saturated rings. The van der Waals surface area contributed by atoms with Crippen molar-refractivity contribution in [2.75, 3.05) is 0 Å². The van der Waals surface area contributed by atoms with Gasteiger partial charge in [-0.15, -0.1) is 0 Å². The number of hydrogen-bond acceptors (Lipinski definition) is 1. The largest absolute Gasteiger partial charge is 0.393 e. The van der Waals surface area contributed by atoms with Crippen LogP contribution in [0.4, 0.5) is 0 Å². The Labute approximate surface area is 174 Å². The molecular weight excluding hydrogens is 340 g/mol. The fraction of sp³-hybridized carbons (Fsp3) is 0.926. The molecule has 1 N–H and O–H groups in total. The number of rotatable bonds is 5. The van der Waals surface area contributed by atoms with Crippen molar-refractivity contribution in [3.05, 3.63) is 12.2 Å². The van der Waals surface area contributed by atoms with E-state index in [0.29, 0.717) is 10.8 Å². The van der Waals surface area contributed by atoms with E-state index in [2.05, 4.69) is 46.8 Å². The highest BCUT2D eigenvalue weighted by atomic mass is 16.3. The smallest absolute Gasteiger partial charge is 0.0543 e. The van der Waals surface area contributed by atoms with E-state index in [9.17, 15) is 5.11 Å². The van der Waals surface area contributed by atoms with Crippen molar-refractivity contribution in [2.24, 2.45) is 52.3 Å². The Hall–Kier alpha value is -0.300. The van der Waals surface area contributed by atoms with Crippen molar-refractivity contribution >= 4 is 0 Å². The molecule has 1 nitrogen and oxygen atoms in total. The SMILES string of the molecule is CC(C)CCC[C@@H](C)[C@H]1CC[C@H]2[C@@H]3CCC4C[C@@H](O)CC[C@]4(C)[C@H]3C=C[C@]12C. The summed E-state index contributed by atoms with van der Waals surface area (Å²) in [4.78, 5) is 0. The van der Waals surface area contributed by atoms with E-state index in [1.54, 1.807) is 0 Å². The van der Waals surface area contributed by atoms with Crippen molar-refractivity contribution in [3.8, 4) is 0 Å². The van der Waals surface area contributed by atoms with Gasteiger partial charge in [0, 0.05) is 0 Å². The van der Waals surface area contributed by atoms with E-state index >= 15 is 0 Å². The Balaban J connectivity index is 1.51. The molecule has 4 rings (SSSR count). The van der Waals surface area contributed by atoms with Crippen LogP contribution < -0.4 is 0 Å². The third-order valence-corrected chi connectivity index (χ3v) is 10.3. The van der Waals surface area contributed by atoms with Gasteiger partial charge in [0.15, 0.2) is 0 Å². The lowest BCUT2D eigenvalue weighted by molar-refractivity contribution is -0.0821. The summed E-state index contributed by atoms with van der Waals surface area (Å²) in [7, 11) is 0. The molecule has 28 heavy (non-hydrogen) atoms. The maximum Gasteiger partial charge on any atom is 0.0543 e. The molecule has 1 unspecified atom stereocenters. The summed E-state index contributed by atoms with van der Waals surface area (Å²) in [5.41, 5.74) is 0.886. The number of allylic oxidation sites excluding steroid dienone is 2. The Morgan fingerprint density at radius 1 is 1.00 bits per heavy atom. The monoisotopic (exact) mass is 386 g/mol. The van der Waals surface area contributed by atoms with E-state index < -0.39 is 0 Å². The number of hydrogen-bond donors (Lipinski definition) is 1. The van der Waals surface area contributed by atoms with Crippen LogP contribution in [-0.2, 0) is 0 Å². The molecule has 0 radical (unpaired) electrons. The van der Waals surface area contributed by atoms with Gasteiger partial charge in [0.25, 0.3) is 0 Å². The molecule has 0 aromatic carbocycles. The van der Waals surface area contributed by atoms with Gasteiger partial charge in [0.1, 0.15) is 0 Å². The van der Waals surface area contributed by atoms with Crippen molar-refractivity contribution in [1.29, 1.82) is 0 Å². The predicted molar refractivity (Wildman–Crippen MR) is 119 cm³/mol. The molecule has 0 bridgehead atoms. The first kappa shape index (κ1) is 21.0. The molecule has 0 aromatic heterocycles. The first-order chi connectivity index (χ1) is 13.3. The zero-order valence-electron chi connectivity index (χ0n) is 19.3. The molecule has 0 amide bonds. The lowest BCUT2D eigenvalue weighted by Crippen LogP contribution is -2.52. The van der Waals surface area contributed by atoms with Crippen LogP contribution in [-0.4, -0.2) is 11.2 Å². The Morgan fingerprint density at radius 2 is 1.79 bits per heavy atom. The fourth-order valence-electron chi connectivity index (χ4n) is 8.60. The van der Waals surface area contributed by atoms with Gasteiger partial charge >= 0.3 is 0 Å². The zero-order chi connectivity index (χ0) is 20.1. The highest BCUT2D eigenvalue weighted by Crippen LogP contribution is 2.66. The average molecular weight is 387 g/mol. The van der Waals surface area contributed by atoms with Crippen LogP contribution in [0.2, 0.25) is 0 Å². The summed E-state index contributed by atoms with van der Waals surface area (Å²) < 4.78 is 0. The molecule has 160 valence electrons. The van der Waals surface area contributed by atoms with Crippen LogP contribution in [0.1, 0.15) is 98.8 Å². The van der Waals surface area contributed by atoms with Crippen LogP contribution in [0.15, 0.2) is 12.2 Å². The van der Waals surface area contributed by atoms with Crippen LogP contribution in [0.3, 0.4) is 0 Å². The third kappa shape index (κ3) is 3.42. The molecule has 0 aromatic rings. The maximum atomic E-state index is 10.2. The highest BCUT2D eigenvalue weighted by Gasteiger charge is 2.58. The molecule has 3 saturated carbocycles. The Morgan fingerprint density at radius 3 is 2.54 bits per heavy atom. The topological polar surface area (TPSA) is 20.2 Å². The summed E-state index contributed by atoms with van der Waals surface area (Å²) in [5.74, 6) is 5.93. The van der Waals surface area contributed by atoms with Gasteiger partial charge in [0.05, 0.1) is 6.10 Å². The summed E-state index contributed by atoms with van der Waals surface area (Å²) >= 11 is 0. The molecule has 0 aliphatic heterocycles. The van der Waals surface area contributed by atoms with Crippen molar-refractivity contribution in [2.45, 2.75) is 105 Å². The lowest BCUT2D eigenvalue weighted by Gasteiger charge is -2.58. The first-order valence-corrected chi connectivity index (χ1v) is 12.6. The first-order valence-electron chi connectivity index (χ1n) is 12.6. The van der Waals surface area contributed by atoms with Crippen molar-refractivity contribution < 1.29 is 5.11 Å². The van der Waals surface area contributed by atoms with Gasteiger partial charge in [-0.1, -0.05) is 66.0 Å². The van der Waals surface area contributed by atoms with Gasteiger partial charge < -0.3 is 5.11 Å². The van der Waals surface area contributed by atoms with Gasteiger partial charge in [-0.05, 0) is 97.2 Å². The minimum Gasteiger partial charge on any atom is -0.393 e. The van der Waals surface area contributed by atoms with Crippen molar-refractivity contribution in [3.63, 3.8) is 0 Å². The van der Waals surface area contributed by atoms with E-state index in [1.165, 1.54) is 51.4 Å². The van der Waals surface area contributed by atoms with Gasteiger partial charge in [-0.3, -0.25) is 0 Å². The average Bonchev–Trinajstić information content (AvgIpc) is 2.99. The second-order valence-corrected chi connectivity index (χ2v) is 12.2. The van der Waals surface area contributed by atoms with Gasteiger partial charge in [0.2, 0.25) is 0 Å². The molecule has 9 atom stereocenters. The number of fused-ring (bicyclic) bond motifs is 5.